The number of anilines is 2. The van der Waals surface area contributed by atoms with Gasteiger partial charge in [-0.1, -0.05) is 18.2 Å². The van der Waals surface area contributed by atoms with Crippen LogP contribution in [-0.2, 0) is 9.59 Å². The molecule has 3 N–H and O–H groups in total. The maximum atomic E-state index is 12.9. The molecule has 0 amide bonds. The van der Waals surface area contributed by atoms with Gasteiger partial charge in [-0.05, 0) is 25.5 Å². The Hall–Kier alpha value is -3.86. The molecule has 0 radical (unpaired) electrons. The third-order valence-corrected chi connectivity index (χ3v) is 5.73. The normalized spacial score (nSPS) is 16.7. The van der Waals surface area contributed by atoms with Crippen molar-refractivity contribution < 1.29 is 24.2 Å². The fraction of sp³-hybridized carbons (Fsp3) is 0.400. The molecular weight excluding hydrogens is 467 g/mol. The zero-order chi connectivity index (χ0) is 25.8. The van der Waals surface area contributed by atoms with Gasteiger partial charge in [0.05, 0.1) is 12.4 Å². The van der Waals surface area contributed by atoms with E-state index in [0.29, 0.717) is 18.1 Å². The number of rotatable bonds is 8. The number of aromatic nitrogens is 2. The van der Waals surface area contributed by atoms with E-state index in [1.807, 2.05) is 0 Å². The summed E-state index contributed by atoms with van der Waals surface area (Å²) in [4.78, 5) is 36.7. The van der Waals surface area contributed by atoms with E-state index in [4.69, 9.17) is 15.2 Å². The fourth-order valence-corrected chi connectivity index (χ4v) is 3.95. The lowest BCUT2D eigenvalue weighted by atomic mass is 10.0. The van der Waals surface area contributed by atoms with Crippen molar-refractivity contribution in [3.8, 4) is 0 Å². The first-order valence-corrected chi connectivity index (χ1v) is 11.9. The number of hydrogen-bond donors (Lipinski definition) is 3. The number of aliphatic carboxylic acids is 2. The molecular formula is C25H31FN6O4. The average Bonchev–Trinajstić information content (AvgIpc) is 2.89. The van der Waals surface area contributed by atoms with Gasteiger partial charge >= 0.3 is 11.9 Å². The fourth-order valence-electron chi connectivity index (χ4n) is 3.95. The Morgan fingerprint density at radius 1 is 1.03 bits per heavy atom. The summed E-state index contributed by atoms with van der Waals surface area (Å²) < 4.78 is 12.9. The third kappa shape index (κ3) is 8.73. The zero-order valence-electron chi connectivity index (χ0n) is 20.0. The number of aliphatic imine (C=N–C) groups is 1. The molecule has 0 spiro atoms. The van der Waals surface area contributed by atoms with E-state index in [1.165, 1.54) is 29.4 Å². The molecule has 3 heterocycles. The molecule has 2 aliphatic heterocycles. The van der Waals surface area contributed by atoms with Crippen LogP contribution in [0.4, 0.5) is 16.0 Å². The number of benzene rings is 1. The molecule has 1 fully saturated rings. The first kappa shape index (κ1) is 26.7. The molecule has 0 atom stereocenters. The highest BCUT2D eigenvalue weighted by Gasteiger charge is 2.18. The number of para-hydroxylation sites is 1. The van der Waals surface area contributed by atoms with Crippen molar-refractivity contribution in [2.75, 3.05) is 56.0 Å². The van der Waals surface area contributed by atoms with Gasteiger partial charge in [-0.2, -0.15) is 0 Å². The van der Waals surface area contributed by atoms with Crippen LogP contribution in [0, 0.1) is 5.82 Å². The van der Waals surface area contributed by atoms with Gasteiger partial charge in [-0.3, -0.25) is 9.89 Å². The summed E-state index contributed by atoms with van der Waals surface area (Å²) in [5.41, 5.74) is 3.70. The zero-order valence-corrected chi connectivity index (χ0v) is 20.0. The molecule has 0 bridgehead atoms. The highest BCUT2D eigenvalue weighted by Crippen LogP contribution is 2.21. The van der Waals surface area contributed by atoms with Gasteiger partial charge in [0.15, 0.2) is 5.82 Å². The maximum Gasteiger partial charge on any atom is 0.328 e. The highest BCUT2D eigenvalue weighted by molar-refractivity contribution is 6.06. The number of nitrogens with one attached hydrogen (secondary N) is 1. The van der Waals surface area contributed by atoms with Crippen molar-refractivity contribution in [2.24, 2.45) is 4.99 Å². The second-order valence-corrected chi connectivity index (χ2v) is 8.30. The Kier molecular flexibility index (Phi) is 10.3. The molecule has 1 saturated heterocycles. The number of carboxylic acid groups (broad SMARTS) is 2. The van der Waals surface area contributed by atoms with Crippen LogP contribution >= 0.6 is 0 Å². The van der Waals surface area contributed by atoms with E-state index < -0.39 is 11.9 Å². The van der Waals surface area contributed by atoms with E-state index in [2.05, 4.69) is 49.4 Å². The first-order chi connectivity index (χ1) is 17.4. The molecule has 11 heteroatoms. The van der Waals surface area contributed by atoms with Crippen LogP contribution in [0.1, 0.15) is 24.8 Å². The maximum absolute atomic E-state index is 12.9. The lowest BCUT2D eigenvalue weighted by Crippen LogP contribution is -2.47. The van der Waals surface area contributed by atoms with Crippen molar-refractivity contribution in [1.29, 1.82) is 0 Å². The van der Waals surface area contributed by atoms with Crippen LogP contribution in [-0.4, -0.2) is 88.5 Å². The monoisotopic (exact) mass is 498 g/mol. The van der Waals surface area contributed by atoms with Gasteiger partial charge < -0.3 is 20.4 Å². The van der Waals surface area contributed by atoms with Crippen molar-refractivity contribution in [3.63, 3.8) is 0 Å². The second kappa shape index (κ2) is 13.9. The summed E-state index contributed by atoms with van der Waals surface area (Å²) in [5, 5.41) is 19.1. The lowest BCUT2D eigenvalue weighted by molar-refractivity contribution is -0.134. The predicted molar refractivity (Wildman–Crippen MR) is 135 cm³/mol. The van der Waals surface area contributed by atoms with Crippen LogP contribution in [0.5, 0.6) is 0 Å². The van der Waals surface area contributed by atoms with E-state index >= 15 is 0 Å². The minimum atomic E-state index is -1.26. The van der Waals surface area contributed by atoms with Gasteiger partial charge in [0.25, 0.3) is 0 Å². The molecule has 0 aliphatic carbocycles. The van der Waals surface area contributed by atoms with Crippen LogP contribution in [0.2, 0.25) is 0 Å². The highest BCUT2D eigenvalue weighted by atomic mass is 19.1. The van der Waals surface area contributed by atoms with E-state index in [-0.39, 0.29) is 5.82 Å². The summed E-state index contributed by atoms with van der Waals surface area (Å²) >= 11 is 0. The summed E-state index contributed by atoms with van der Waals surface area (Å²) in [6, 6.07) is 8.43. The van der Waals surface area contributed by atoms with E-state index in [0.717, 1.165) is 65.1 Å². The van der Waals surface area contributed by atoms with E-state index in [1.54, 1.807) is 0 Å². The molecule has 1 aromatic carbocycles. The van der Waals surface area contributed by atoms with Crippen molar-refractivity contribution in [1.82, 2.24) is 14.9 Å². The second-order valence-electron chi connectivity index (χ2n) is 8.30. The van der Waals surface area contributed by atoms with Crippen LogP contribution in [0.3, 0.4) is 0 Å². The summed E-state index contributed by atoms with van der Waals surface area (Å²) in [5.74, 6) is -2.28. The minimum absolute atomic E-state index is 0.390. The van der Waals surface area contributed by atoms with Crippen LogP contribution in [0.25, 0.3) is 0 Å². The SMILES string of the molecule is Fc1cnc(N2CCN(CCCCN=C3CCNc4ccccc43)CC2)nc1.O=C(O)C=CC(=O)O. The smallest absolute Gasteiger partial charge is 0.328 e. The number of fused-ring (bicyclic) bond motifs is 1. The third-order valence-electron chi connectivity index (χ3n) is 5.73. The number of hydrogen-bond acceptors (Lipinski definition) is 8. The topological polar surface area (TPSA) is 131 Å². The molecule has 4 rings (SSSR count). The number of halogens is 1. The standard InChI is InChI=1S/C21H27FN6.C4H4O4/c22-17-15-25-21(26-16-17)28-13-11-27(12-14-28)10-4-3-8-23-20-7-9-24-19-6-2-1-5-18(19)20;5-3(6)1-2-4(7)8/h1-2,5-6,15-16,24H,3-4,7-14H2;1-2H,(H,5,6)(H,7,8). The quantitative estimate of drug-likeness (QED) is 0.371. The Morgan fingerprint density at radius 2 is 1.69 bits per heavy atom. The van der Waals surface area contributed by atoms with Gasteiger partial charge in [-0.15, -0.1) is 0 Å². The number of carboxylic acids is 2. The van der Waals surface area contributed by atoms with Gasteiger partial charge in [0.2, 0.25) is 5.95 Å². The Labute approximate surface area is 209 Å². The summed E-state index contributed by atoms with van der Waals surface area (Å²) in [7, 11) is 0. The van der Waals surface area contributed by atoms with Crippen molar-refractivity contribution in [2.45, 2.75) is 19.3 Å². The van der Waals surface area contributed by atoms with Crippen LogP contribution in [0.15, 0.2) is 53.8 Å². The van der Waals surface area contributed by atoms with Crippen LogP contribution < -0.4 is 10.2 Å². The molecule has 0 unspecified atom stereocenters. The van der Waals surface area contributed by atoms with Gasteiger partial charge in [-0.25, -0.2) is 23.9 Å². The largest absolute Gasteiger partial charge is 0.478 e. The Morgan fingerprint density at radius 3 is 2.36 bits per heavy atom. The summed E-state index contributed by atoms with van der Waals surface area (Å²) in [6.07, 6.45) is 6.85. The molecule has 2 aromatic rings. The molecule has 192 valence electrons. The molecule has 36 heavy (non-hydrogen) atoms. The Bertz CT molecular complexity index is 1050. The number of carbonyl (C=O) groups is 2. The van der Waals surface area contributed by atoms with Crippen molar-refractivity contribution >= 4 is 29.3 Å². The Balaban J connectivity index is 0.000000392. The average molecular weight is 499 g/mol. The molecule has 2 aliphatic rings. The summed E-state index contributed by atoms with van der Waals surface area (Å²) in [6.45, 7) is 6.73. The molecule has 0 saturated carbocycles. The van der Waals surface area contributed by atoms with Gasteiger partial charge in [0.1, 0.15) is 0 Å². The lowest BCUT2D eigenvalue weighted by Gasteiger charge is -2.34. The molecule has 10 nitrogen and oxygen atoms in total. The number of piperazine rings is 1. The first-order valence-electron chi connectivity index (χ1n) is 11.9. The van der Waals surface area contributed by atoms with E-state index in [9.17, 15) is 14.0 Å². The molecule has 1 aromatic heterocycles. The number of unbranched alkanes of at least 4 members (excludes halogenated alkanes) is 1. The number of nitrogens with zero attached hydrogens (tertiary/aromatic N) is 5. The van der Waals surface area contributed by atoms with Gasteiger partial charge in [0, 0.05) is 74.8 Å². The minimum Gasteiger partial charge on any atom is -0.478 e. The predicted octanol–water partition coefficient (Wildman–Crippen LogP) is 2.53. The van der Waals surface area contributed by atoms with Crippen molar-refractivity contribution in [3.05, 3.63) is 60.2 Å².